The van der Waals surface area contributed by atoms with E-state index < -0.39 is 28.8 Å². The summed E-state index contributed by atoms with van der Waals surface area (Å²) in [5.74, 6) is -5.04. The normalized spacial score (nSPS) is 10.4. The van der Waals surface area contributed by atoms with Crippen molar-refractivity contribution in [1.82, 2.24) is 9.97 Å². The zero-order valence-electron chi connectivity index (χ0n) is 9.25. The summed E-state index contributed by atoms with van der Waals surface area (Å²) in [6.07, 6.45) is 1.33. The number of nitrogens with zero attached hydrogens (tertiary/aromatic N) is 2. The van der Waals surface area contributed by atoms with E-state index in [1.54, 1.807) is 6.92 Å². The topological polar surface area (TPSA) is 42.9 Å². The van der Waals surface area contributed by atoms with Crippen LogP contribution in [-0.2, 0) is 0 Å². The van der Waals surface area contributed by atoms with Gasteiger partial charge in [0.15, 0.2) is 17.5 Å². The Labute approximate surface area is 100 Å². The van der Waals surface area contributed by atoms with E-state index in [9.17, 15) is 18.0 Å². The minimum absolute atomic E-state index is 0.0765. The molecule has 0 saturated carbocycles. The minimum Gasteiger partial charge on any atom is -0.287 e. The average molecular weight is 252 g/mol. The fourth-order valence-electron chi connectivity index (χ4n) is 1.42. The summed E-state index contributed by atoms with van der Waals surface area (Å²) in [6, 6.07) is 2.85. The summed E-state index contributed by atoms with van der Waals surface area (Å²) in [7, 11) is 0. The Kier molecular flexibility index (Phi) is 3.10. The predicted molar refractivity (Wildman–Crippen MR) is 56.5 cm³/mol. The maximum Gasteiger partial charge on any atom is 0.214 e. The molecule has 3 nitrogen and oxygen atoms in total. The first kappa shape index (κ1) is 12.2. The summed E-state index contributed by atoms with van der Waals surface area (Å²) in [5, 5.41) is 0. The standard InChI is InChI=1S/C12H7F3N2O/c1-6-16-5-4-9(17-6)12(18)7-2-3-8(13)11(15)10(7)14/h2-5H,1H3. The molecule has 0 atom stereocenters. The number of carbonyl (C=O) groups excluding carboxylic acids is 1. The number of halogens is 3. The van der Waals surface area contributed by atoms with E-state index in [0.717, 1.165) is 6.07 Å². The molecule has 2 aromatic rings. The van der Waals surface area contributed by atoms with Gasteiger partial charge in [-0.05, 0) is 25.1 Å². The molecule has 0 saturated heterocycles. The van der Waals surface area contributed by atoms with Crippen LogP contribution in [-0.4, -0.2) is 15.8 Å². The molecule has 0 unspecified atom stereocenters. The molecule has 1 aromatic heterocycles. The maximum atomic E-state index is 13.4. The molecule has 0 aliphatic heterocycles. The largest absolute Gasteiger partial charge is 0.287 e. The number of rotatable bonds is 2. The molecule has 18 heavy (non-hydrogen) atoms. The highest BCUT2D eigenvalue weighted by Gasteiger charge is 2.20. The fourth-order valence-corrected chi connectivity index (χ4v) is 1.42. The molecule has 0 spiro atoms. The molecule has 0 aliphatic rings. The van der Waals surface area contributed by atoms with Crippen LogP contribution in [0.3, 0.4) is 0 Å². The Morgan fingerprint density at radius 2 is 1.83 bits per heavy atom. The zero-order chi connectivity index (χ0) is 13.3. The van der Waals surface area contributed by atoms with Gasteiger partial charge in [0.25, 0.3) is 0 Å². The molecule has 1 aromatic carbocycles. The monoisotopic (exact) mass is 252 g/mol. The number of ketones is 1. The molecule has 0 aliphatic carbocycles. The predicted octanol–water partition coefficient (Wildman–Crippen LogP) is 2.43. The van der Waals surface area contributed by atoms with Gasteiger partial charge in [-0.2, -0.15) is 0 Å². The number of benzene rings is 1. The molecule has 2 rings (SSSR count). The lowest BCUT2D eigenvalue weighted by Crippen LogP contribution is -2.10. The van der Waals surface area contributed by atoms with Gasteiger partial charge >= 0.3 is 0 Å². The molecule has 0 fully saturated rings. The Balaban J connectivity index is 2.50. The molecule has 0 N–H and O–H groups in total. The highest BCUT2D eigenvalue weighted by atomic mass is 19.2. The third kappa shape index (κ3) is 2.09. The van der Waals surface area contributed by atoms with Crippen LogP contribution in [0.15, 0.2) is 24.4 Å². The van der Waals surface area contributed by atoms with Gasteiger partial charge in [0.05, 0.1) is 5.56 Å². The van der Waals surface area contributed by atoms with Gasteiger partial charge in [-0.3, -0.25) is 4.79 Å². The summed E-state index contributed by atoms with van der Waals surface area (Å²) in [4.78, 5) is 19.4. The summed E-state index contributed by atoms with van der Waals surface area (Å²) < 4.78 is 39.2. The molecule has 92 valence electrons. The lowest BCUT2D eigenvalue weighted by atomic mass is 10.1. The van der Waals surface area contributed by atoms with E-state index in [4.69, 9.17) is 0 Å². The van der Waals surface area contributed by atoms with Crippen LogP contribution in [0.25, 0.3) is 0 Å². The van der Waals surface area contributed by atoms with Crippen molar-refractivity contribution in [1.29, 1.82) is 0 Å². The second-order valence-corrected chi connectivity index (χ2v) is 3.54. The summed E-state index contributed by atoms with van der Waals surface area (Å²) in [6.45, 7) is 1.55. The van der Waals surface area contributed by atoms with E-state index in [-0.39, 0.29) is 5.69 Å². The molecular weight excluding hydrogens is 245 g/mol. The van der Waals surface area contributed by atoms with Crippen molar-refractivity contribution in [3.05, 3.63) is 58.9 Å². The van der Waals surface area contributed by atoms with Crippen LogP contribution >= 0.6 is 0 Å². The number of hydrogen-bond donors (Lipinski definition) is 0. The van der Waals surface area contributed by atoms with Crippen molar-refractivity contribution in [2.24, 2.45) is 0 Å². The summed E-state index contributed by atoms with van der Waals surface area (Å²) in [5.41, 5.74) is -0.639. The van der Waals surface area contributed by atoms with Crippen molar-refractivity contribution in [2.75, 3.05) is 0 Å². The smallest absolute Gasteiger partial charge is 0.214 e. The van der Waals surface area contributed by atoms with Crippen LogP contribution in [0.2, 0.25) is 0 Å². The van der Waals surface area contributed by atoms with Gasteiger partial charge < -0.3 is 0 Å². The molecule has 0 radical (unpaired) electrons. The first-order valence-electron chi connectivity index (χ1n) is 4.98. The highest BCUT2D eigenvalue weighted by molar-refractivity contribution is 6.07. The molecule has 0 bridgehead atoms. The Bertz CT molecular complexity index is 629. The van der Waals surface area contributed by atoms with Crippen LogP contribution in [0.5, 0.6) is 0 Å². The number of aryl methyl sites for hydroxylation is 1. The fraction of sp³-hybridized carbons (Fsp3) is 0.0833. The average Bonchev–Trinajstić information content (AvgIpc) is 2.35. The lowest BCUT2D eigenvalue weighted by molar-refractivity contribution is 0.102. The minimum atomic E-state index is -1.67. The molecule has 1 heterocycles. The van der Waals surface area contributed by atoms with Crippen LogP contribution in [0.1, 0.15) is 21.9 Å². The van der Waals surface area contributed by atoms with Crippen LogP contribution < -0.4 is 0 Å². The van der Waals surface area contributed by atoms with Gasteiger partial charge in [0.1, 0.15) is 11.5 Å². The van der Waals surface area contributed by atoms with E-state index in [0.29, 0.717) is 11.9 Å². The third-order valence-electron chi connectivity index (χ3n) is 2.29. The van der Waals surface area contributed by atoms with Gasteiger partial charge in [0, 0.05) is 6.20 Å². The van der Waals surface area contributed by atoms with E-state index in [2.05, 4.69) is 9.97 Å². The Morgan fingerprint density at radius 3 is 2.50 bits per heavy atom. The van der Waals surface area contributed by atoms with Crippen molar-refractivity contribution >= 4 is 5.78 Å². The quantitative estimate of drug-likeness (QED) is 0.609. The van der Waals surface area contributed by atoms with E-state index in [1.807, 2.05) is 0 Å². The van der Waals surface area contributed by atoms with E-state index >= 15 is 0 Å². The lowest BCUT2D eigenvalue weighted by Gasteiger charge is -2.03. The van der Waals surface area contributed by atoms with Crippen LogP contribution in [0.4, 0.5) is 13.2 Å². The van der Waals surface area contributed by atoms with Crippen molar-refractivity contribution < 1.29 is 18.0 Å². The molecule has 0 amide bonds. The maximum absolute atomic E-state index is 13.4. The van der Waals surface area contributed by atoms with Crippen LogP contribution in [0, 0.1) is 24.4 Å². The van der Waals surface area contributed by atoms with Gasteiger partial charge in [-0.25, -0.2) is 23.1 Å². The van der Waals surface area contributed by atoms with E-state index in [1.165, 1.54) is 12.3 Å². The van der Waals surface area contributed by atoms with Crippen molar-refractivity contribution in [3.63, 3.8) is 0 Å². The molecule has 6 heteroatoms. The first-order valence-corrected chi connectivity index (χ1v) is 4.98. The van der Waals surface area contributed by atoms with Crippen molar-refractivity contribution in [2.45, 2.75) is 6.92 Å². The van der Waals surface area contributed by atoms with Gasteiger partial charge in [0.2, 0.25) is 5.78 Å². The second kappa shape index (κ2) is 4.56. The zero-order valence-corrected chi connectivity index (χ0v) is 9.25. The highest BCUT2D eigenvalue weighted by Crippen LogP contribution is 2.17. The summed E-state index contributed by atoms with van der Waals surface area (Å²) >= 11 is 0. The molecular formula is C12H7F3N2O. The number of carbonyl (C=O) groups is 1. The number of hydrogen-bond acceptors (Lipinski definition) is 3. The number of aromatic nitrogens is 2. The second-order valence-electron chi connectivity index (χ2n) is 3.54. The first-order chi connectivity index (χ1) is 8.50. The Hall–Kier alpha value is -2.24. The van der Waals surface area contributed by atoms with Gasteiger partial charge in [-0.15, -0.1) is 0 Å². The van der Waals surface area contributed by atoms with Gasteiger partial charge in [-0.1, -0.05) is 0 Å². The Morgan fingerprint density at radius 1 is 1.11 bits per heavy atom. The SMILES string of the molecule is Cc1nccc(C(=O)c2ccc(F)c(F)c2F)n1. The van der Waals surface area contributed by atoms with Crippen molar-refractivity contribution in [3.8, 4) is 0 Å². The third-order valence-corrected chi connectivity index (χ3v) is 2.29.